The molecule has 5 aliphatic heterocycles. The van der Waals surface area contributed by atoms with Gasteiger partial charge in [-0.2, -0.15) is 0 Å². The Morgan fingerprint density at radius 2 is 1.24 bits per heavy atom. The minimum absolute atomic E-state index is 0.0295. The first-order valence-corrected chi connectivity index (χ1v) is 20.3. The van der Waals surface area contributed by atoms with Crippen molar-refractivity contribution in [3.63, 3.8) is 0 Å². The number of carbonyl (C=O) groups is 8. The maximum absolute atomic E-state index is 12.8. The Bertz CT molecular complexity index is 2300. The number of carboxylic acids is 8. The Hall–Kier alpha value is -6.60. The summed E-state index contributed by atoms with van der Waals surface area (Å²) in [6, 6.07) is 0. The topological polar surface area (TPSA) is 347 Å². The number of hydrogen-bond donors (Lipinski definition) is 10. The van der Waals surface area contributed by atoms with Crippen molar-refractivity contribution >= 4 is 59.2 Å². The lowest BCUT2D eigenvalue weighted by molar-refractivity contribution is -0.141. The van der Waals surface area contributed by atoms with Gasteiger partial charge < -0.3 is 51.5 Å². The largest absolute Gasteiger partial charge is 0.481 e. The maximum Gasteiger partial charge on any atom is 0.307 e. The van der Waals surface area contributed by atoms with Gasteiger partial charge in [-0.1, -0.05) is 13.8 Å². The van der Waals surface area contributed by atoms with Crippen molar-refractivity contribution < 1.29 is 79.2 Å². The van der Waals surface area contributed by atoms with E-state index in [1.54, 1.807) is 27.7 Å². The Morgan fingerprint density at radius 3 is 1.79 bits per heavy atom. The van der Waals surface area contributed by atoms with Crippen LogP contribution in [-0.2, 0) is 38.4 Å². The minimum atomic E-state index is -1.58. The van der Waals surface area contributed by atoms with E-state index in [0.29, 0.717) is 11.3 Å². The molecule has 8 bridgehead atoms. The first-order chi connectivity index (χ1) is 29.2. The number of rotatable bonds is 20. The van der Waals surface area contributed by atoms with Crippen molar-refractivity contribution in [3.8, 4) is 0 Å². The van der Waals surface area contributed by atoms with Crippen molar-refractivity contribution in [2.24, 2.45) is 38.1 Å². The number of aliphatic carboxylic acids is 8. The lowest BCUT2D eigenvalue weighted by Crippen LogP contribution is -2.35. The summed E-state index contributed by atoms with van der Waals surface area (Å²) in [6.45, 7) is 6.33. The van der Waals surface area contributed by atoms with Crippen molar-refractivity contribution in [2.45, 2.75) is 117 Å². The van der Waals surface area contributed by atoms with E-state index in [-0.39, 0.29) is 77.5 Å². The summed E-state index contributed by atoms with van der Waals surface area (Å²) >= 11 is 0. The third kappa shape index (κ3) is 9.58. The predicted octanol–water partition coefficient (Wildman–Crippen LogP) is 4.40. The molecule has 0 aromatic heterocycles. The fourth-order valence-corrected chi connectivity index (χ4v) is 10.2. The molecular formula is C43H52N4O16. The number of nitrogens with one attached hydrogen (secondary N) is 2. The summed E-state index contributed by atoms with van der Waals surface area (Å²) in [5.74, 6) is -12.2. The standard InChI is InChI=1S/C43H52N4O16/c1-40(12-11-33(54)55)24(14-35(58)59)38-39-42(3,19-37(62)63)21(6-9-31(50)51)26(45-39)16-29-41(2,18-36(60)61)22(7-10-32(52)53)27(44-29)17-43(4)23(13-34(56)57)20(5-8-30(48)49)25(47-43)15-28(40)46-38/h15-16,21,24,44,46H,5-14,17-19H2,1-4H3,(H,48,49)(H,50,51)(H,52,53)(H,54,55)(H,56,57)(H,58,59)(H,60,61)(H,62,63)/b28-15-,29-16?,39-38-/t21-,24+,40-,41+,42+,43-/m1/s1. The average Bonchev–Trinajstić information content (AvgIpc) is 3.73. The number of nitrogens with zero attached hydrogens (tertiary/aromatic N) is 2. The highest BCUT2D eigenvalue weighted by Gasteiger charge is 2.55. The van der Waals surface area contributed by atoms with Crippen LogP contribution in [-0.4, -0.2) is 106 Å². The van der Waals surface area contributed by atoms with Gasteiger partial charge in [0, 0.05) is 88.7 Å². The molecular weight excluding hydrogens is 828 g/mol. The molecule has 20 heteroatoms. The number of hydrogen-bond acceptors (Lipinski definition) is 12. The summed E-state index contributed by atoms with van der Waals surface area (Å²) in [5, 5.41) is 87.4. The van der Waals surface area contributed by atoms with Crippen LogP contribution < -0.4 is 10.6 Å². The molecule has 0 aromatic carbocycles. The van der Waals surface area contributed by atoms with Gasteiger partial charge in [-0.3, -0.25) is 48.3 Å². The molecule has 20 nitrogen and oxygen atoms in total. The summed E-state index contributed by atoms with van der Waals surface area (Å²) < 4.78 is 0. The van der Waals surface area contributed by atoms with Crippen LogP contribution in [0.1, 0.15) is 111 Å². The zero-order valence-electron chi connectivity index (χ0n) is 35.2. The van der Waals surface area contributed by atoms with Gasteiger partial charge in [0.2, 0.25) is 0 Å². The normalized spacial score (nSPS) is 30.5. The number of carboxylic acid groups (broad SMARTS) is 8. The van der Waals surface area contributed by atoms with Gasteiger partial charge in [-0.05, 0) is 68.4 Å². The van der Waals surface area contributed by atoms with Gasteiger partial charge in [0.1, 0.15) is 0 Å². The molecule has 0 aliphatic carbocycles. The Kier molecular flexibility index (Phi) is 13.3. The SMILES string of the molecule is C[C@@]1(CC(=O)O)C2=CC3=N/C(=C4\N/C(=C\C5=N[C@](C)(CC(=C1CCC(=O)O)N2)C(CC(=O)O)=C5CCC(=O)O)[C@](C)(CCC(=O)O)[C@H]4CC(=O)O)[C@@](C)(CC(=O)O)[C@@H]3CCC(=O)O. The van der Waals surface area contributed by atoms with E-state index in [9.17, 15) is 79.2 Å². The van der Waals surface area contributed by atoms with Crippen LogP contribution in [0.3, 0.4) is 0 Å². The summed E-state index contributed by atoms with van der Waals surface area (Å²) in [7, 11) is 0. The molecule has 0 unspecified atom stereocenters. The van der Waals surface area contributed by atoms with E-state index in [1.165, 1.54) is 12.2 Å². The molecule has 0 spiro atoms. The van der Waals surface area contributed by atoms with E-state index < -0.39 is 133 Å². The van der Waals surface area contributed by atoms with Crippen LogP contribution in [0.2, 0.25) is 0 Å². The van der Waals surface area contributed by atoms with Gasteiger partial charge in [-0.25, -0.2) is 0 Å². The second-order valence-corrected chi connectivity index (χ2v) is 17.7. The number of allylic oxidation sites excluding steroid dienone is 7. The molecule has 6 atom stereocenters. The molecule has 10 N–H and O–H groups in total. The van der Waals surface area contributed by atoms with Gasteiger partial charge >= 0.3 is 47.8 Å². The van der Waals surface area contributed by atoms with E-state index in [4.69, 9.17) is 9.98 Å². The van der Waals surface area contributed by atoms with E-state index >= 15 is 0 Å². The Labute approximate surface area is 360 Å². The highest BCUT2D eigenvalue weighted by Crippen LogP contribution is 2.58. The first kappa shape index (κ1) is 47.4. The Balaban J connectivity index is 2.01. The quantitative estimate of drug-likeness (QED) is 0.0809. The van der Waals surface area contributed by atoms with Gasteiger partial charge in [0.15, 0.2) is 0 Å². The van der Waals surface area contributed by atoms with E-state index in [0.717, 1.165) is 0 Å². The van der Waals surface area contributed by atoms with E-state index in [1.807, 2.05) is 0 Å². The van der Waals surface area contributed by atoms with Crippen molar-refractivity contribution in [3.05, 3.63) is 57.4 Å². The maximum atomic E-state index is 12.8. The smallest absolute Gasteiger partial charge is 0.307 e. The molecule has 0 saturated carbocycles. The third-order valence-electron chi connectivity index (χ3n) is 13.3. The van der Waals surface area contributed by atoms with Crippen LogP contribution >= 0.6 is 0 Å². The average molecular weight is 881 g/mol. The highest BCUT2D eigenvalue weighted by atomic mass is 16.4. The second-order valence-electron chi connectivity index (χ2n) is 17.7. The van der Waals surface area contributed by atoms with Gasteiger partial charge in [0.25, 0.3) is 0 Å². The fourth-order valence-electron chi connectivity index (χ4n) is 10.2. The van der Waals surface area contributed by atoms with Crippen LogP contribution in [0.5, 0.6) is 0 Å². The molecule has 5 rings (SSSR count). The zero-order chi connectivity index (χ0) is 47.0. The molecule has 340 valence electrons. The monoisotopic (exact) mass is 880 g/mol. The number of fused-ring (bicyclic) bond motifs is 6. The molecule has 5 heterocycles. The predicted molar refractivity (Wildman–Crippen MR) is 219 cm³/mol. The second kappa shape index (κ2) is 17.6. The molecule has 5 aliphatic rings. The molecule has 0 radical (unpaired) electrons. The summed E-state index contributed by atoms with van der Waals surface area (Å²) in [5.41, 5.74) is -4.27. The lowest BCUT2D eigenvalue weighted by Gasteiger charge is -2.34. The number of aliphatic imine (C=N–C) groups is 2. The molecule has 0 aromatic rings. The van der Waals surface area contributed by atoms with Crippen LogP contribution in [0.4, 0.5) is 0 Å². The molecule has 1 saturated heterocycles. The van der Waals surface area contributed by atoms with Crippen LogP contribution in [0.15, 0.2) is 67.3 Å². The summed E-state index contributed by atoms with van der Waals surface area (Å²) in [4.78, 5) is 109. The zero-order valence-corrected chi connectivity index (χ0v) is 35.2. The van der Waals surface area contributed by atoms with Crippen molar-refractivity contribution in [1.29, 1.82) is 0 Å². The van der Waals surface area contributed by atoms with Gasteiger partial charge in [0.05, 0.1) is 42.6 Å². The van der Waals surface area contributed by atoms with Gasteiger partial charge in [-0.15, -0.1) is 0 Å². The summed E-state index contributed by atoms with van der Waals surface area (Å²) in [6.07, 6.45) is -2.43. The highest BCUT2D eigenvalue weighted by molar-refractivity contribution is 6.12. The third-order valence-corrected chi connectivity index (χ3v) is 13.3. The van der Waals surface area contributed by atoms with Crippen LogP contribution in [0, 0.1) is 28.1 Å². The molecule has 0 amide bonds. The fraction of sp³-hybridized carbons (Fsp3) is 0.535. The van der Waals surface area contributed by atoms with Crippen LogP contribution in [0.25, 0.3) is 0 Å². The molecule has 63 heavy (non-hydrogen) atoms. The lowest BCUT2D eigenvalue weighted by atomic mass is 9.66. The first-order valence-electron chi connectivity index (χ1n) is 20.3. The van der Waals surface area contributed by atoms with Crippen molar-refractivity contribution in [1.82, 2.24) is 10.6 Å². The Morgan fingerprint density at radius 1 is 0.635 bits per heavy atom. The molecule has 1 fully saturated rings. The minimum Gasteiger partial charge on any atom is -0.481 e. The van der Waals surface area contributed by atoms with E-state index in [2.05, 4.69) is 10.6 Å². The van der Waals surface area contributed by atoms with Crippen molar-refractivity contribution in [2.75, 3.05) is 0 Å².